The van der Waals surface area contributed by atoms with Gasteiger partial charge in [0.05, 0.1) is 24.1 Å². The van der Waals surface area contributed by atoms with E-state index in [4.69, 9.17) is 4.74 Å². The lowest BCUT2D eigenvalue weighted by atomic mass is 9.97. The van der Waals surface area contributed by atoms with E-state index in [1.807, 2.05) is 75.4 Å². The molecule has 3 aromatic carbocycles. The van der Waals surface area contributed by atoms with Crippen LogP contribution in [-0.4, -0.2) is 69.2 Å². The van der Waals surface area contributed by atoms with Crippen molar-refractivity contribution >= 4 is 41.3 Å². The topological polar surface area (TPSA) is 137 Å². The van der Waals surface area contributed by atoms with E-state index in [2.05, 4.69) is 16.0 Å². The van der Waals surface area contributed by atoms with Gasteiger partial charge in [-0.25, -0.2) is 9.59 Å². The molecule has 0 saturated carbocycles. The molecule has 3 atom stereocenters. The number of ether oxygens (including phenoxy) is 1. The fourth-order valence-electron chi connectivity index (χ4n) is 5.19. The quantitative estimate of drug-likeness (QED) is 0.232. The molecule has 1 saturated heterocycles. The minimum absolute atomic E-state index is 0.164. The number of aliphatic hydroxyl groups is 1. The van der Waals surface area contributed by atoms with Crippen molar-refractivity contribution in [2.75, 3.05) is 17.8 Å². The SMILES string of the molecule is CCOC(=O)c1ccc(NC(=O)NC(Cc2ccccc2)C(O)C(=O)N2CSC(C)(C)C2C(=O)NCc2ccccc2C)cc1. The van der Waals surface area contributed by atoms with Crippen LogP contribution in [0.3, 0.4) is 0 Å². The van der Waals surface area contributed by atoms with Crippen LogP contribution in [0.5, 0.6) is 0 Å². The van der Waals surface area contributed by atoms with Crippen LogP contribution in [0.4, 0.5) is 10.5 Å². The lowest BCUT2D eigenvalue weighted by Gasteiger charge is -2.33. The van der Waals surface area contributed by atoms with Crippen LogP contribution in [-0.2, 0) is 27.3 Å². The van der Waals surface area contributed by atoms with Crippen molar-refractivity contribution in [2.45, 2.75) is 63.6 Å². The number of aliphatic hydroxyl groups excluding tert-OH is 1. The summed E-state index contributed by atoms with van der Waals surface area (Å²) in [7, 11) is 0. The molecule has 1 heterocycles. The molecule has 0 spiro atoms. The number of urea groups is 1. The number of rotatable bonds is 11. The fourth-order valence-corrected chi connectivity index (χ4v) is 6.33. The number of carbonyl (C=O) groups excluding carboxylic acids is 4. The number of hydrogen-bond donors (Lipinski definition) is 4. The second-order valence-corrected chi connectivity index (χ2v) is 13.0. The van der Waals surface area contributed by atoms with Crippen molar-refractivity contribution in [1.82, 2.24) is 15.5 Å². The number of thioether (sulfide) groups is 1. The standard InChI is InChI=1S/C34H40N4O6S/c1-5-44-32(42)24-15-17-26(18-16-24)36-33(43)37-27(19-23-12-7-6-8-13-23)28(39)31(41)38-21-45-34(3,4)29(38)30(40)35-20-25-14-10-9-11-22(25)2/h6-18,27-29,39H,5,19-21H2,1-4H3,(H,35,40)(H2,36,37,43). The highest BCUT2D eigenvalue weighted by atomic mass is 32.2. The zero-order valence-electron chi connectivity index (χ0n) is 25.9. The monoisotopic (exact) mass is 632 g/mol. The number of nitrogens with one attached hydrogen (secondary N) is 3. The molecule has 10 nitrogen and oxygen atoms in total. The number of hydrogen-bond acceptors (Lipinski definition) is 7. The van der Waals surface area contributed by atoms with Gasteiger partial charge in [-0.3, -0.25) is 9.59 Å². The second kappa shape index (κ2) is 15.1. The zero-order chi connectivity index (χ0) is 32.6. The number of amides is 4. The van der Waals surface area contributed by atoms with Crippen molar-refractivity contribution in [2.24, 2.45) is 0 Å². The third-order valence-electron chi connectivity index (χ3n) is 7.69. The van der Waals surface area contributed by atoms with Crippen LogP contribution in [0.1, 0.15) is 47.8 Å². The summed E-state index contributed by atoms with van der Waals surface area (Å²) in [4.78, 5) is 53.8. The molecule has 3 aromatic rings. The van der Waals surface area contributed by atoms with E-state index in [1.165, 1.54) is 28.8 Å². The molecular formula is C34H40N4O6S. The first-order chi connectivity index (χ1) is 21.5. The summed E-state index contributed by atoms with van der Waals surface area (Å²) in [6.07, 6.45) is -1.47. The zero-order valence-corrected chi connectivity index (χ0v) is 26.7. The number of nitrogens with zero attached hydrogens (tertiary/aromatic N) is 1. The third-order valence-corrected chi connectivity index (χ3v) is 9.07. The summed E-state index contributed by atoms with van der Waals surface area (Å²) < 4.78 is 4.38. The Bertz CT molecular complexity index is 1500. The smallest absolute Gasteiger partial charge is 0.338 e. The highest BCUT2D eigenvalue weighted by molar-refractivity contribution is 8.00. The van der Waals surface area contributed by atoms with E-state index in [0.717, 1.165) is 16.7 Å². The van der Waals surface area contributed by atoms with Crippen molar-refractivity contribution in [3.8, 4) is 0 Å². The van der Waals surface area contributed by atoms with Gasteiger partial charge >= 0.3 is 12.0 Å². The molecule has 4 amide bonds. The third kappa shape index (κ3) is 8.64. The van der Waals surface area contributed by atoms with Crippen molar-refractivity contribution in [3.05, 3.63) is 101 Å². The van der Waals surface area contributed by atoms with Gasteiger partial charge in [-0.2, -0.15) is 0 Å². The Kier molecular flexibility index (Phi) is 11.2. The number of esters is 1. The number of benzene rings is 3. The maximum absolute atomic E-state index is 13.9. The number of carbonyl (C=O) groups is 4. The van der Waals surface area contributed by atoms with Gasteiger partial charge < -0.3 is 30.7 Å². The average molecular weight is 633 g/mol. The van der Waals surface area contributed by atoms with Gasteiger partial charge in [-0.1, -0.05) is 54.6 Å². The van der Waals surface area contributed by atoms with E-state index < -0.39 is 40.8 Å². The van der Waals surface area contributed by atoms with Gasteiger partial charge in [0.1, 0.15) is 6.04 Å². The largest absolute Gasteiger partial charge is 0.462 e. The molecule has 0 bridgehead atoms. The molecule has 4 N–H and O–H groups in total. The molecule has 3 unspecified atom stereocenters. The van der Waals surface area contributed by atoms with Crippen molar-refractivity contribution in [3.63, 3.8) is 0 Å². The fraction of sp³-hybridized carbons (Fsp3) is 0.353. The maximum atomic E-state index is 13.9. The number of anilines is 1. The Balaban J connectivity index is 1.49. The van der Waals surface area contributed by atoms with E-state index in [0.29, 0.717) is 17.8 Å². The molecule has 1 fully saturated rings. The predicted octanol–water partition coefficient (Wildman–Crippen LogP) is 4.26. The Morgan fingerprint density at radius 1 is 1.00 bits per heavy atom. The molecule has 1 aliphatic rings. The minimum atomic E-state index is -1.64. The Labute approximate surface area is 267 Å². The van der Waals surface area contributed by atoms with Gasteiger partial charge in [-0.15, -0.1) is 11.8 Å². The Hall–Kier alpha value is -4.35. The van der Waals surface area contributed by atoms with Gasteiger partial charge in [0, 0.05) is 17.0 Å². The summed E-state index contributed by atoms with van der Waals surface area (Å²) in [6.45, 7) is 8.04. The summed E-state index contributed by atoms with van der Waals surface area (Å²) in [5, 5.41) is 19.9. The van der Waals surface area contributed by atoms with Crippen LogP contribution < -0.4 is 16.0 Å². The molecule has 238 valence electrons. The Morgan fingerprint density at radius 3 is 2.33 bits per heavy atom. The van der Waals surface area contributed by atoms with E-state index in [9.17, 15) is 24.3 Å². The van der Waals surface area contributed by atoms with Crippen LogP contribution in [0.15, 0.2) is 78.9 Å². The van der Waals surface area contributed by atoms with Crippen LogP contribution in [0.2, 0.25) is 0 Å². The van der Waals surface area contributed by atoms with Gasteiger partial charge in [0.15, 0.2) is 6.10 Å². The lowest BCUT2D eigenvalue weighted by molar-refractivity contribution is -0.147. The first-order valence-corrected chi connectivity index (χ1v) is 15.8. The van der Waals surface area contributed by atoms with Gasteiger partial charge in [-0.05, 0) is 75.1 Å². The summed E-state index contributed by atoms with van der Waals surface area (Å²) in [5.74, 6) is -1.22. The molecule has 0 aromatic heterocycles. The van der Waals surface area contributed by atoms with Crippen LogP contribution in [0.25, 0.3) is 0 Å². The molecule has 45 heavy (non-hydrogen) atoms. The first kappa shape index (κ1) is 33.5. The molecule has 1 aliphatic heterocycles. The van der Waals surface area contributed by atoms with Gasteiger partial charge in [0.2, 0.25) is 5.91 Å². The maximum Gasteiger partial charge on any atom is 0.338 e. The number of aryl methyl sites for hydroxylation is 1. The molecule has 11 heteroatoms. The minimum Gasteiger partial charge on any atom is -0.462 e. The Morgan fingerprint density at radius 2 is 1.67 bits per heavy atom. The summed E-state index contributed by atoms with van der Waals surface area (Å²) in [5.41, 5.74) is 3.57. The predicted molar refractivity (Wildman–Crippen MR) is 175 cm³/mol. The molecular weight excluding hydrogens is 592 g/mol. The van der Waals surface area contributed by atoms with E-state index in [-0.39, 0.29) is 24.8 Å². The second-order valence-electron chi connectivity index (χ2n) is 11.4. The van der Waals surface area contributed by atoms with E-state index in [1.54, 1.807) is 19.1 Å². The van der Waals surface area contributed by atoms with E-state index >= 15 is 0 Å². The highest BCUT2D eigenvalue weighted by Crippen LogP contribution is 2.40. The molecule has 4 rings (SSSR count). The van der Waals surface area contributed by atoms with Crippen LogP contribution >= 0.6 is 11.8 Å². The van der Waals surface area contributed by atoms with Gasteiger partial charge in [0.25, 0.3) is 5.91 Å². The normalized spacial score (nSPS) is 16.7. The molecule has 0 aliphatic carbocycles. The average Bonchev–Trinajstić information content (AvgIpc) is 3.35. The van der Waals surface area contributed by atoms with Crippen LogP contribution in [0, 0.1) is 6.92 Å². The molecule has 0 radical (unpaired) electrons. The summed E-state index contributed by atoms with van der Waals surface area (Å²) >= 11 is 1.45. The summed E-state index contributed by atoms with van der Waals surface area (Å²) in [6, 6.07) is 20.6. The van der Waals surface area contributed by atoms with Crippen molar-refractivity contribution in [1.29, 1.82) is 0 Å². The van der Waals surface area contributed by atoms with Crippen molar-refractivity contribution < 1.29 is 29.0 Å². The lowest BCUT2D eigenvalue weighted by Crippen LogP contribution is -2.59. The highest BCUT2D eigenvalue weighted by Gasteiger charge is 2.49. The first-order valence-electron chi connectivity index (χ1n) is 14.8.